The maximum Gasteiger partial charge on any atom is 0.221 e. The minimum atomic E-state index is -0.351. The van der Waals surface area contributed by atoms with Gasteiger partial charge in [0.25, 0.3) is 0 Å². The van der Waals surface area contributed by atoms with E-state index >= 15 is 0 Å². The van der Waals surface area contributed by atoms with Gasteiger partial charge in [0.05, 0.1) is 10.6 Å². The van der Waals surface area contributed by atoms with E-state index in [1.807, 2.05) is 18.2 Å². The molecule has 5 nitrogen and oxygen atoms in total. The lowest BCUT2D eigenvalue weighted by molar-refractivity contribution is -0.121. The number of nitrogens with one attached hydrogen (secondary N) is 1. The molecule has 0 aromatic carbocycles. The molecule has 0 bridgehead atoms. The number of pyridine rings is 1. The van der Waals surface area contributed by atoms with Gasteiger partial charge in [0.1, 0.15) is 5.03 Å². The molecule has 25 heavy (non-hydrogen) atoms. The largest absolute Gasteiger partial charge is 0.323 e. The fourth-order valence-electron chi connectivity index (χ4n) is 3.30. The summed E-state index contributed by atoms with van der Waals surface area (Å²) < 4.78 is 0. The van der Waals surface area contributed by atoms with Crippen LogP contribution < -0.4 is 5.32 Å². The topological polar surface area (TPSA) is 76.1 Å². The summed E-state index contributed by atoms with van der Waals surface area (Å²) in [6.07, 6.45) is 7.95. The van der Waals surface area contributed by atoms with E-state index < -0.39 is 0 Å². The number of rotatable bonds is 4. The molecule has 0 unspecified atom stereocenters. The third kappa shape index (κ3) is 4.07. The van der Waals surface area contributed by atoms with E-state index in [0.29, 0.717) is 15.5 Å². The number of ketones is 2. The van der Waals surface area contributed by atoms with E-state index in [2.05, 4.69) is 10.3 Å². The van der Waals surface area contributed by atoms with Gasteiger partial charge in [-0.3, -0.25) is 14.4 Å². The fourth-order valence-corrected chi connectivity index (χ4v) is 4.30. The Bertz CT molecular complexity index is 762. The van der Waals surface area contributed by atoms with Crippen molar-refractivity contribution in [2.45, 2.75) is 44.1 Å². The van der Waals surface area contributed by atoms with Crippen molar-refractivity contribution in [3.8, 4) is 0 Å². The molecule has 1 aromatic heterocycles. The Morgan fingerprint density at radius 3 is 2.60 bits per heavy atom. The van der Waals surface area contributed by atoms with Gasteiger partial charge in [0.15, 0.2) is 5.78 Å². The van der Waals surface area contributed by atoms with Gasteiger partial charge in [-0.1, -0.05) is 37.1 Å². The molecule has 2 aliphatic carbocycles. The summed E-state index contributed by atoms with van der Waals surface area (Å²) in [7, 11) is 0. The van der Waals surface area contributed by atoms with Gasteiger partial charge < -0.3 is 5.32 Å². The number of allylic oxidation sites excluding steroid dienone is 3. The van der Waals surface area contributed by atoms with E-state index in [1.54, 1.807) is 6.20 Å². The van der Waals surface area contributed by atoms with Crippen LogP contribution in [-0.4, -0.2) is 22.5 Å². The minimum absolute atomic E-state index is 0.0638. The zero-order valence-corrected chi connectivity index (χ0v) is 14.9. The molecule has 1 fully saturated rings. The van der Waals surface area contributed by atoms with Crippen LogP contribution in [0.15, 0.2) is 51.7 Å². The molecule has 2 aliphatic rings. The molecular weight excluding hydrogens is 336 g/mol. The van der Waals surface area contributed by atoms with Crippen LogP contribution in [0, 0.1) is 5.92 Å². The SMILES string of the molecule is CC(=O)NC1=CC(=O)C(Sc2ccccn2)=C(C2CCCCC2)C1=O. The zero-order chi connectivity index (χ0) is 17.8. The highest BCUT2D eigenvalue weighted by Gasteiger charge is 2.35. The highest BCUT2D eigenvalue weighted by molar-refractivity contribution is 8.04. The van der Waals surface area contributed by atoms with E-state index in [9.17, 15) is 14.4 Å². The van der Waals surface area contributed by atoms with Crippen molar-refractivity contribution < 1.29 is 14.4 Å². The maximum absolute atomic E-state index is 13.0. The summed E-state index contributed by atoms with van der Waals surface area (Å²) in [5.74, 6) is -0.759. The second-order valence-corrected chi connectivity index (χ2v) is 7.31. The molecule has 1 N–H and O–H groups in total. The number of aromatic nitrogens is 1. The van der Waals surface area contributed by atoms with Crippen LogP contribution in [0.3, 0.4) is 0 Å². The number of nitrogens with zero attached hydrogens (tertiary/aromatic N) is 1. The summed E-state index contributed by atoms with van der Waals surface area (Å²) in [6, 6.07) is 5.48. The average molecular weight is 356 g/mol. The summed E-state index contributed by atoms with van der Waals surface area (Å²) >= 11 is 1.24. The molecule has 0 aliphatic heterocycles. The third-order valence-electron chi connectivity index (χ3n) is 4.40. The molecule has 1 heterocycles. The quantitative estimate of drug-likeness (QED) is 0.839. The Balaban J connectivity index is 1.99. The van der Waals surface area contributed by atoms with Gasteiger partial charge in [-0.15, -0.1) is 0 Å². The average Bonchev–Trinajstić information content (AvgIpc) is 2.61. The number of hydrogen-bond acceptors (Lipinski definition) is 5. The Kier molecular flexibility index (Phi) is 5.48. The highest BCUT2D eigenvalue weighted by atomic mass is 32.2. The molecule has 3 rings (SSSR count). The number of thioether (sulfide) groups is 1. The second-order valence-electron chi connectivity index (χ2n) is 6.28. The van der Waals surface area contributed by atoms with Crippen LogP contribution >= 0.6 is 11.8 Å². The second kappa shape index (κ2) is 7.78. The summed E-state index contributed by atoms with van der Waals surface area (Å²) in [5, 5.41) is 3.19. The summed E-state index contributed by atoms with van der Waals surface area (Å²) in [5.41, 5.74) is 0.634. The summed E-state index contributed by atoms with van der Waals surface area (Å²) in [6.45, 7) is 1.33. The van der Waals surface area contributed by atoms with Crippen LogP contribution in [0.4, 0.5) is 0 Å². The lowest BCUT2D eigenvalue weighted by Crippen LogP contribution is -2.33. The predicted octanol–water partition coefficient (Wildman–Crippen LogP) is 3.18. The van der Waals surface area contributed by atoms with Gasteiger partial charge in [0.2, 0.25) is 11.7 Å². The molecule has 1 saturated carbocycles. The van der Waals surface area contributed by atoms with Crippen LogP contribution in [0.2, 0.25) is 0 Å². The summed E-state index contributed by atoms with van der Waals surface area (Å²) in [4.78, 5) is 41.8. The molecule has 0 atom stereocenters. The van der Waals surface area contributed by atoms with Crippen LogP contribution in [0.25, 0.3) is 0 Å². The molecule has 6 heteroatoms. The molecule has 130 valence electrons. The first-order chi connectivity index (χ1) is 12.1. The van der Waals surface area contributed by atoms with Crippen LogP contribution in [0.1, 0.15) is 39.0 Å². The van der Waals surface area contributed by atoms with Crippen molar-refractivity contribution in [2.75, 3.05) is 0 Å². The standard InChI is InChI=1S/C19H20N2O3S/c1-12(22)21-14-11-15(23)19(25-16-9-5-6-10-20-16)17(18(14)24)13-7-3-2-4-8-13/h5-6,9-11,13H,2-4,7-8H2,1H3,(H,21,22). The first-order valence-electron chi connectivity index (χ1n) is 8.47. The predicted molar refractivity (Wildman–Crippen MR) is 95.6 cm³/mol. The monoisotopic (exact) mass is 356 g/mol. The molecular formula is C19H20N2O3S. The van der Waals surface area contributed by atoms with Gasteiger partial charge in [0, 0.05) is 24.8 Å². The maximum atomic E-state index is 13.0. The van der Waals surface area contributed by atoms with E-state index in [1.165, 1.54) is 24.8 Å². The molecule has 1 amide bonds. The zero-order valence-electron chi connectivity index (χ0n) is 14.1. The molecule has 1 aromatic rings. The third-order valence-corrected chi connectivity index (χ3v) is 5.48. The van der Waals surface area contributed by atoms with Crippen molar-refractivity contribution in [1.29, 1.82) is 0 Å². The number of Topliss-reactive ketones (excluding diaryl/α,β-unsaturated/α-hetero) is 1. The normalized spacial score (nSPS) is 19.0. The lowest BCUT2D eigenvalue weighted by atomic mass is 9.79. The van der Waals surface area contributed by atoms with Gasteiger partial charge in [-0.05, 0) is 30.9 Å². The van der Waals surface area contributed by atoms with Gasteiger partial charge in [-0.2, -0.15) is 0 Å². The highest BCUT2D eigenvalue weighted by Crippen LogP contribution is 2.40. The number of amides is 1. The van der Waals surface area contributed by atoms with Gasteiger partial charge in [-0.25, -0.2) is 4.98 Å². The van der Waals surface area contributed by atoms with Crippen molar-refractivity contribution in [1.82, 2.24) is 10.3 Å². The fraction of sp³-hybridized carbons (Fsp3) is 0.368. The minimum Gasteiger partial charge on any atom is -0.323 e. The Hall–Kier alpha value is -2.21. The van der Waals surface area contributed by atoms with Crippen molar-refractivity contribution in [2.24, 2.45) is 5.92 Å². The molecule has 0 radical (unpaired) electrons. The van der Waals surface area contributed by atoms with E-state index in [0.717, 1.165) is 32.1 Å². The van der Waals surface area contributed by atoms with E-state index in [4.69, 9.17) is 0 Å². The van der Waals surface area contributed by atoms with Gasteiger partial charge >= 0.3 is 0 Å². The lowest BCUT2D eigenvalue weighted by Gasteiger charge is -2.28. The first kappa shape index (κ1) is 17.6. The number of carbonyl (C=O) groups is 3. The Labute approximate surface area is 151 Å². The van der Waals surface area contributed by atoms with Crippen molar-refractivity contribution >= 4 is 29.2 Å². The van der Waals surface area contributed by atoms with Crippen LogP contribution in [0.5, 0.6) is 0 Å². The number of carbonyl (C=O) groups excluding carboxylic acids is 3. The van der Waals surface area contributed by atoms with E-state index in [-0.39, 0.29) is 29.1 Å². The number of hydrogen-bond donors (Lipinski definition) is 1. The molecule has 0 saturated heterocycles. The Morgan fingerprint density at radius 1 is 1.20 bits per heavy atom. The smallest absolute Gasteiger partial charge is 0.221 e. The molecule has 0 spiro atoms. The van der Waals surface area contributed by atoms with Crippen LogP contribution in [-0.2, 0) is 14.4 Å². The van der Waals surface area contributed by atoms with Crippen molar-refractivity contribution in [3.05, 3.63) is 46.6 Å². The Morgan fingerprint density at radius 2 is 1.96 bits per heavy atom. The van der Waals surface area contributed by atoms with Crippen molar-refractivity contribution in [3.63, 3.8) is 0 Å². The first-order valence-corrected chi connectivity index (χ1v) is 9.29.